The molecule has 2 heterocycles. The highest BCUT2D eigenvalue weighted by atomic mass is 79.9. The van der Waals surface area contributed by atoms with Gasteiger partial charge in [-0.25, -0.2) is 4.98 Å². The number of thiazole rings is 1. The summed E-state index contributed by atoms with van der Waals surface area (Å²) in [7, 11) is 0. The third kappa shape index (κ3) is 2.72. The van der Waals surface area contributed by atoms with Gasteiger partial charge in [0.05, 0.1) is 10.2 Å². The molecule has 4 nitrogen and oxygen atoms in total. The average molecular weight is 372 g/mol. The maximum Gasteiger partial charge on any atom is 0.258 e. The van der Waals surface area contributed by atoms with Gasteiger partial charge < -0.3 is 4.74 Å². The van der Waals surface area contributed by atoms with E-state index in [1.54, 1.807) is 24.4 Å². The van der Waals surface area contributed by atoms with Crippen LogP contribution in [0.1, 0.15) is 5.69 Å². The number of halogens is 2. The molecule has 1 aromatic carbocycles. The van der Waals surface area contributed by atoms with Crippen molar-refractivity contribution >= 4 is 43.8 Å². The molecule has 0 saturated heterocycles. The van der Waals surface area contributed by atoms with E-state index in [4.69, 9.17) is 16.3 Å². The molecule has 7 heteroatoms. The number of benzene rings is 1. The summed E-state index contributed by atoms with van der Waals surface area (Å²) < 4.78 is 7.92. The fourth-order valence-corrected chi connectivity index (χ4v) is 3.24. The van der Waals surface area contributed by atoms with Crippen LogP contribution in [0.4, 0.5) is 0 Å². The van der Waals surface area contributed by atoms with E-state index in [9.17, 15) is 4.79 Å². The predicted octanol–water partition coefficient (Wildman–Crippen LogP) is 3.75. The van der Waals surface area contributed by atoms with Crippen LogP contribution in [0.2, 0.25) is 5.02 Å². The maximum absolute atomic E-state index is 11.8. The van der Waals surface area contributed by atoms with E-state index in [-0.39, 0.29) is 12.2 Å². The largest absolute Gasteiger partial charge is 0.486 e. The molecule has 0 aliphatic rings. The van der Waals surface area contributed by atoms with Crippen molar-refractivity contribution in [2.75, 3.05) is 0 Å². The van der Waals surface area contributed by atoms with E-state index in [1.165, 1.54) is 21.8 Å². The second kappa shape index (κ2) is 5.55. The lowest BCUT2D eigenvalue weighted by Crippen LogP contribution is -2.14. The number of nitrogens with zero attached hydrogens (tertiary/aromatic N) is 2. The highest BCUT2D eigenvalue weighted by Crippen LogP contribution is 2.28. The van der Waals surface area contributed by atoms with Gasteiger partial charge in [-0.05, 0) is 34.1 Å². The van der Waals surface area contributed by atoms with E-state index in [1.807, 2.05) is 5.38 Å². The summed E-state index contributed by atoms with van der Waals surface area (Å²) in [6, 6.07) is 6.74. The fraction of sp³-hybridized carbons (Fsp3) is 0.0769. The van der Waals surface area contributed by atoms with Crippen molar-refractivity contribution in [1.29, 1.82) is 0 Å². The molecule has 0 radical (unpaired) electrons. The summed E-state index contributed by atoms with van der Waals surface area (Å²) in [6.07, 6.45) is 1.70. The Balaban J connectivity index is 1.84. The minimum absolute atomic E-state index is 0.106. The monoisotopic (exact) mass is 370 g/mol. The second-order valence-corrected chi connectivity index (χ2v) is 6.17. The lowest BCUT2D eigenvalue weighted by atomic mass is 10.3. The highest BCUT2D eigenvalue weighted by molar-refractivity contribution is 9.10. The summed E-state index contributed by atoms with van der Waals surface area (Å²) >= 11 is 10.7. The Morgan fingerprint density at radius 2 is 2.25 bits per heavy atom. The van der Waals surface area contributed by atoms with E-state index in [0.717, 1.165) is 4.47 Å². The number of hydrogen-bond acceptors (Lipinski definition) is 4. The van der Waals surface area contributed by atoms with Crippen molar-refractivity contribution in [3.05, 3.63) is 61.4 Å². The van der Waals surface area contributed by atoms with Gasteiger partial charge in [-0.3, -0.25) is 9.20 Å². The molecule has 0 amide bonds. The van der Waals surface area contributed by atoms with Gasteiger partial charge >= 0.3 is 0 Å². The molecule has 3 aromatic rings. The maximum atomic E-state index is 11.8. The van der Waals surface area contributed by atoms with Crippen molar-refractivity contribution in [3.8, 4) is 5.75 Å². The van der Waals surface area contributed by atoms with Crippen LogP contribution in [0.5, 0.6) is 5.75 Å². The molecule has 2 aromatic heterocycles. The molecular formula is C13H8BrClN2O2S. The van der Waals surface area contributed by atoms with Gasteiger partial charge in [-0.1, -0.05) is 11.6 Å². The highest BCUT2D eigenvalue weighted by Gasteiger charge is 2.06. The molecule has 0 saturated carbocycles. The third-order valence-corrected chi connectivity index (χ3v) is 4.24. The van der Waals surface area contributed by atoms with Gasteiger partial charge in [0.2, 0.25) is 0 Å². The first kappa shape index (κ1) is 13.6. The van der Waals surface area contributed by atoms with Crippen LogP contribution in [-0.4, -0.2) is 9.38 Å². The van der Waals surface area contributed by atoms with E-state index in [2.05, 4.69) is 20.9 Å². The third-order valence-electron chi connectivity index (χ3n) is 2.63. The van der Waals surface area contributed by atoms with E-state index >= 15 is 0 Å². The Morgan fingerprint density at radius 1 is 1.40 bits per heavy atom. The molecule has 102 valence electrons. The number of aromatic nitrogens is 2. The summed E-state index contributed by atoms with van der Waals surface area (Å²) in [6.45, 7) is 0.226. The van der Waals surface area contributed by atoms with Crippen LogP contribution in [-0.2, 0) is 6.61 Å². The molecule has 0 atom stereocenters. The van der Waals surface area contributed by atoms with E-state index < -0.39 is 0 Å². The Morgan fingerprint density at radius 3 is 3.05 bits per heavy atom. The molecule has 0 unspecified atom stereocenters. The fourth-order valence-electron chi connectivity index (χ4n) is 1.71. The molecule has 0 aliphatic carbocycles. The zero-order valence-electron chi connectivity index (χ0n) is 10.0. The van der Waals surface area contributed by atoms with Gasteiger partial charge in [-0.15, -0.1) is 11.3 Å². The Hall–Kier alpha value is -1.37. The number of hydrogen-bond donors (Lipinski definition) is 0. The average Bonchev–Trinajstić information content (AvgIpc) is 2.86. The van der Waals surface area contributed by atoms with E-state index in [0.29, 0.717) is 21.4 Å². The summed E-state index contributed by atoms with van der Waals surface area (Å²) in [5.41, 5.74) is 0.490. The Labute approximate surface area is 131 Å². The molecule has 0 fully saturated rings. The van der Waals surface area contributed by atoms with Gasteiger partial charge in [0.1, 0.15) is 12.4 Å². The lowest BCUT2D eigenvalue weighted by molar-refractivity contribution is 0.299. The number of fused-ring (bicyclic) bond motifs is 1. The van der Waals surface area contributed by atoms with Gasteiger partial charge in [0, 0.05) is 22.7 Å². The minimum Gasteiger partial charge on any atom is -0.486 e. The van der Waals surface area contributed by atoms with Crippen LogP contribution < -0.4 is 10.3 Å². The zero-order valence-corrected chi connectivity index (χ0v) is 13.2. The van der Waals surface area contributed by atoms with Crippen molar-refractivity contribution in [2.45, 2.75) is 6.61 Å². The molecule has 0 spiro atoms. The SMILES string of the molecule is O=c1cc(COc2ccc(Cl)cc2Br)nc2sccn12. The smallest absolute Gasteiger partial charge is 0.258 e. The molecule has 3 rings (SSSR count). The van der Waals surface area contributed by atoms with Crippen LogP contribution in [0.15, 0.2) is 45.1 Å². The van der Waals surface area contributed by atoms with Crippen molar-refractivity contribution in [2.24, 2.45) is 0 Å². The van der Waals surface area contributed by atoms with Crippen molar-refractivity contribution in [1.82, 2.24) is 9.38 Å². The number of rotatable bonds is 3. The standard InChI is InChI=1S/C13H8BrClN2O2S/c14-10-5-8(15)1-2-11(10)19-7-9-6-12(18)17-3-4-20-13(17)16-9/h1-6H,7H2. The molecule has 20 heavy (non-hydrogen) atoms. The molecular weight excluding hydrogens is 364 g/mol. The quantitative estimate of drug-likeness (QED) is 0.704. The molecule has 0 aliphatic heterocycles. The molecule has 0 N–H and O–H groups in total. The van der Waals surface area contributed by atoms with Gasteiger partial charge in [0.15, 0.2) is 4.96 Å². The first-order valence-corrected chi connectivity index (χ1v) is 7.72. The van der Waals surface area contributed by atoms with Crippen molar-refractivity contribution < 1.29 is 4.74 Å². The van der Waals surface area contributed by atoms with Gasteiger partial charge in [0.25, 0.3) is 5.56 Å². The molecule has 0 bridgehead atoms. The van der Waals surface area contributed by atoms with Crippen LogP contribution in [0.25, 0.3) is 4.96 Å². The van der Waals surface area contributed by atoms with Crippen LogP contribution in [0.3, 0.4) is 0 Å². The second-order valence-electron chi connectivity index (χ2n) is 4.00. The summed E-state index contributed by atoms with van der Waals surface area (Å²) in [5, 5.41) is 2.45. The zero-order chi connectivity index (χ0) is 14.1. The number of ether oxygens (including phenoxy) is 1. The van der Waals surface area contributed by atoms with Crippen molar-refractivity contribution in [3.63, 3.8) is 0 Å². The normalized spacial score (nSPS) is 10.9. The first-order valence-electron chi connectivity index (χ1n) is 5.67. The summed E-state index contributed by atoms with van der Waals surface area (Å²) in [4.78, 5) is 16.9. The Kier molecular flexibility index (Phi) is 3.78. The predicted molar refractivity (Wildman–Crippen MR) is 82.8 cm³/mol. The topological polar surface area (TPSA) is 43.6 Å². The van der Waals surface area contributed by atoms with Crippen LogP contribution in [0, 0.1) is 0 Å². The van der Waals surface area contributed by atoms with Gasteiger partial charge in [-0.2, -0.15) is 0 Å². The Bertz CT molecular complexity index is 831. The summed E-state index contributed by atoms with van der Waals surface area (Å²) in [5.74, 6) is 0.655. The lowest BCUT2D eigenvalue weighted by Gasteiger charge is -2.08. The minimum atomic E-state index is -0.106. The van der Waals surface area contributed by atoms with Crippen LogP contribution >= 0.6 is 38.9 Å². The first-order chi connectivity index (χ1) is 9.63.